The highest BCUT2D eigenvalue weighted by Crippen LogP contribution is 2.40. The number of anilines is 1. The first-order chi connectivity index (χ1) is 11.6. The van der Waals surface area contributed by atoms with Crippen LogP contribution in [0, 0.1) is 16.7 Å². The molecule has 1 atom stereocenters. The third-order valence-electron chi connectivity index (χ3n) is 4.98. The number of hydrogen-bond acceptors (Lipinski definition) is 5. The van der Waals surface area contributed by atoms with Gasteiger partial charge in [0.05, 0.1) is 12.6 Å². The Bertz CT molecular complexity index is 647. The van der Waals surface area contributed by atoms with E-state index in [1.807, 2.05) is 36.0 Å². The van der Waals surface area contributed by atoms with Gasteiger partial charge >= 0.3 is 0 Å². The molecule has 128 valence electrons. The fourth-order valence-electron chi connectivity index (χ4n) is 3.65. The molecule has 1 aliphatic heterocycles. The van der Waals surface area contributed by atoms with E-state index in [1.165, 1.54) is 0 Å². The van der Waals surface area contributed by atoms with Crippen molar-refractivity contribution in [2.75, 3.05) is 32.1 Å². The highest BCUT2D eigenvalue weighted by Gasteiger charge is 2.45. The molecule has 3 rings (SSSR count). The second kappa shape index (κ2) is 6.68. The minimum Gasteiger partial charge on any atom is -0.485 e. The number of ether oxygens (including phenoxy) is 1. The van der Waals surface area contributed by atoms with Crippen LogP contribution in [0.25, 0.3) is 0 Å². The van der Waals surface area contributed by atoms with Gasteiger partial charge in [0.15, 0.2) is 11.6 Å². The van der Waals surface area contributed by atoms with E-state index in [0.29, 0.717) is 25.9 Å². The van der Waals surface area contributed by atoms with E-state index in [2.05, 4.69) is 11.1 Å². The van der Waals surface area contributed by atoms with Crippen molar-refractivity contribution < 1.29 is 9.53 Å². The molecule has 6 heteroatoms. The van der Waals surface area contributed by atoms with Gasteiger partial charge in [0, 0.05) is 33.3 Å². The number of rotatable bonds is 4. The molecule has 0 N–H and O–H groups in total. The van der Waals surface area contributed by atoms with Crippen molar-refractivity contribution in [3.8, 4) is 11.8 Å². The molecule has 1 aromatic rings. The average molecular weight is 328 g/mol. The number of nitrogens with zero attached hydrogens (tertiary/aromatic N) is 4. The van der Waals surface area contributed by atoms with Crippen LogP contribution >= 0.6 is 0 Å². The van der Waals surface area contributed by atoms with Crippen molar-refractivity contribution in [3.63, 3.8) is 0 Å². The number of amides is 1. The maximum Gasteiger partial charge on any atom is 0.243 e. The summed E-state index contributed by atoms with van der Waals surface area (Å²) in [5, 5.41) is 9.50. The third-order valence-corrected chi connectivity index (χ3v) is 4.98. The Morgan fingerprint density at radius 3 is 2.88 bits per heavy atom. The predicted molar refractivity (Wildman–Crippen MR) is 90.7 cm³/mol. The molecule has 0 bridgehead atoms. The first kappa shape index (κ1) is 16.6. The van der Waals surface area contributed by atoms with Crippen LogP contribution in [0.4, 0.5) is 5.82 Å². The Balaban J connectivity index is 1.66. The maximum atomic E-state index is 12.8. The summed E-state index contributed by atoms with van der Waals surface area (Å²) in [6, 6.07) is 6.05. The quantitative estimate of drug-likeness (QED) is 0.847. The molecule has 2 aliphatic rings. The van der Waals surface area contributed by atoms with Gasteiger partial charge in [-0.25, -0.2) is 4.98 Å². The lowest BCUT2D eigenvalue weighted by molar-refractivity contribution is -0.138. The zero-order valence-electron chi connectivity index (χ0n) is 14.4. The number of pyridine rings is 1. The van der Waals surface area contributed by atoms with Crippen LogP contribution < -0.4 is 9.64 Å². The Kier molecular flexibility index (Phi) is 4.61. The zero-order valence-corrected chi connectivity index (χ0v) is 14.4. The van der Waals surface area contributed by atoms with E-state index in [4.69, 9.17) is 4.74 Å². The highest BCUT2D eigenvalue weighted by molar-refractivity contribution is 5.86. The topological polar surface area (TPSA) is 69.5 Å². The molecule has 1 amide bonds. The molecule has 0 aromatic carbocycles. The van der Waals surface area contributed by atoms with Crippen LogP contribution in [0.2, 0.25) is 0 Å². The van der Waals surface area contributed by atoms with Crippen LogP contribution in [0.5, 0.6) is 5.75 Å². The fourth-order valence-corrected chi connectivity index (χ4v) is 3.65. The van der Waals surface area contributed by atoms with Gasteiger partial charge in [0.25, 0.3) is 0 Å². The molecular formula is C18H24N4O2. The Morgan fingerprint density at radius 1 is 1.46 bits per heavy atom. The summed E-state index contributed by atoms with van der Waals surface area (Å²) >= 11 is 0. The van der Waals surface area contributed by atoms with Gasteiger partial charge in [-0.1, -0.05) is 12.8 Å². The first-order valence-corrected chi connectivity index (χ1v) is 8.55. The molecule has 1 saturated carbocycles. The molecule has 1 saturated heterocycles. The minimum absolute atomic E-state index is 0.00683. The third kappa shape index (κ3) is 3.03. The Morgan fingerprint density at radius 2 is 2.21 bits per heavy atom. The van der Waals surface area contributed by atoms with E-state index in [-0.39, 0.29) is 12.0 Å². The Hall–Kier alpha value is -2.29. The maximum absolute atomic E-state index is 12.8. The molecule has 1 aromatic heterocycles. The van der Waals surface area contributed by atoms with E-state index >= 15 is 0 Å². The SMILES string of the molecule is CN(C)c1ncccc1O[C@@H]1CCN(C(=O)C2(C#N)CCCC2)C1. The number of carbonyl (C=O) groups excluding carboxylic acids is 1. The number of nitriles is 1. The largest absolute Gasteiger partial charge is 0.485 e. The highest BCUT2D eigenvalue weighted by atomic mass is 16.5. The number of hydrogen-bond donors (Lipinski definition) is 0. The molecule has 24 heavy (non-hydrogen) atoms. The van der Waals surface area contributed by atoms with Gasteiger partial charge in [-0.2, -0.15) is 5.26 Å². The standard InChI is InChI=1S/C18H24N4O2/c1-21(2)16-15(6-5-10-20-16)24-14-7-11-22(12-14)17(23)18(13-19)8-3-4-9-18/h5-6,10,14H,3-4,7-9,11-12H2,1-2H3/t14-/m1/s1. The van der Waals surface area contributed by atoms with E-state index in [0.717, 1.165) is 30.8 Å². The van der Waals surface area contributed by atoms with Gasteiger partial charge in [-0.15, -0.1) is 0 Å². The van der Waals surface area contributed by atoms with Crippen LogP contribution in [-0.2, 0) is 4.79 Å². The molecule has 0 radical (unpaired) electrons. The molecular weight excluding hydrogens is 304 g/mol. The lowest BCUT2D eigenvalue weighted by atomic mass is 9.86. The van der Waals surface area contributed by atoms with Crippen LogP contribution in [-0.4, -0.2) is 49.1 Å². The summed E-state index contributed by atoms with van der Waals surface area (Å²) in [5.74, 6) is 1.51. The van der Waals surface area contributed by atoms with Crippen LogP contribution in [0.15, 0.2) is 18.3 Å². The van der Waals surface area contributed by atoms with Crippen molar-refractivity contribution >= 4 is 11.7 Å². The first-order valence-electron chi connectivity index (χ1n) is 8.55. The normalized spacial score (nSPS) is 22.2. The fraction of sp³-hybridized carbons (Fsp3) is 0.611. The molecule has 2 heterocycles. The van der Waals surface area contributed by atoms with Gasteiger partial charge in [0.1, 0.15) is 11.5 Å². The molecule has 0 unspecified atom stereocenters. The lowest BCUT2D eigenvalue weighted by Crippen LogP contribution is -2.41. The molecule has 6 nitrogen and oxygen atoms in total. The van der Waals surface area contributed by atoms with Crippen molar-refractivity contribution in [2.24, 2.45) is 5.41 Å². The molecule has 0 spiro atoms. The number of carbonyl (C=O) groups is 1. The summed E-state index contributed by atoms with van der Waals surface area (Å²) in [6.07, 6.45) is 5.80. The summed E-state index contributed by atoms with van der Waals surface area (Å²) < 4.78 is 6.10. The average Bonchev–Trinajstić information content (AvgIpc) is 3.24. The number of aromatic nitrogens is 1. The summed E-state index contributed by atoms with van der Waals surface area (Å²) in [7, 11) is 3.85. The molecule has 2 fully saturated rings. The monoisotopic (exact) mass is 328 g/mol. The zero-order chi connectivity index (χ0) is 17.2. The van der Waals surface area contributed by atoms with E-state index in [1.54, 1.807) is 6.20 Å². The van der Waals surface area contributed by atoms with E-state index < -0.39 is 5.41 Å². The van der Waals surface area contributed by atoms with Gasteiger partial charge in [-0.05, 0) is 25.0 Å². The second-order valence-corrected chi connectivity index (χ2v) is 6.90. The number of likely N-dealkylation sites (tertiary alicyclic amines) is 1. The predicted octanol–water partition coefficient (Wildman–Crippen LogP) is 2.21. The van der Waals surface area contributed by atoms with Crippen molar-refractivity contribution in [2.45, 2.75) is 38.2 Å². The minimum atomic E-state index is -0.794. The van der Waals surface area contributed by atoms with Gasteiger partial charge in [0.2, 0.25) is 5.91 Å². The van der Waals surface area contributed by atoms with Gasteiger partial charge < -0.3 is 14.5 Å². The van der Waals surface area contributed by atoms with E-state index in [9.17, 15) is 10.1 Å². The summed E-state index contributed by atoms with van der Waals surface area (Å²) in [4.78, 5) is 20.9. The summed E-state index contributed by atoms with van der Waals surface area (Å²) in [5.41, 5.74) is -0.794. The van der Waals surface area contributed by atoms with Crippen molar-refractivity contribution in [3.05, 3.63) is 18.3 Å². The van der Waals surface area contributed by atoms with Crippen LogP contribution in [0.1, 0.15) is 32.1 Å². The molecule has 1 aliphatic carbocycles. The second-order valence-electron chi connectivity index (χ2n) is 6.90. The van der Waals surface area contributed by atoms with Crippen LogP contribution in [0.3, 0.4) is 0 Å². The van der Waals surface area contributed by atoms with Gasteiger partial charge in [-0.3, -0.25) is 4.79 Å². The smallest absolute Gasteiger partial charge is 0.243 e. The van der Waals surface area contributed by atoms with Crippen molar-refractivity contribution in [1.29, 1.82) is 5.26 Å². The Labute approximate surface area is 143 Å². The summed E-state index contributed by atoms with van der Waals surface area (Å²) in [6.45, 7) is 1.20. The van der Waals surface area contributed by atoms with Crippen molar-refractivity contribution in [1.82, 2.24) is 9.88 Å². The lowest BCUT2D eigenvalue weighted by Gasteiger charge is -2.26.